The fraction of sp³-hybridized carbons (Fsp3) is 0.400. The third-order valence-electron chi connectivity index (χ3n) is 3.82. The number of aliphatic hydroxyl groups excluding tert-OH is 4. The Labute approximate surface area is 127 Å². The lowest BCUT2D eigenvalue weighted by Crippen LogP contribution is -2.46. The second kappa shape index (κ2) is 6.05. The van der Waals surface area contributed by atoms with Gasteiger partial charge in [0.05, 0.1) is 18.3 Å². The van der Waals surface area contributed by atoms with E-state index in [0.29, 0.717) is 11.4 Å². The molecule has 7 heteroatoms. The van der Waals surface area contributed by atoms with Gasteiger partial charge in [0.15, 0.2) is 0 Å². The summed E-state index contributed by atoms with van der Waals surface area (Å²) in [6.45, 7) is -0.186. The van der Waals surface area contributed by atoms with Gasteiger partial charge in [-0.25, -0.2) is 4.98 Å². The van der Waals surface area contributed by atoms with Crippen LogP contribution in [0.25, 0.3) is 0 Å². The molecule has 1 aliphatic heterocycles. The molecule has 0 fully saturated rings. The zero-order valence-electron chi connectivity index (χ0n) is 11.8. The maximum Gasteiger partial charge on any atom is 0.141 e. The van der Waals surface area contributed by atoms with E-state index in [-0.39, 0.29) is 19.0 Å². The molecule has 0 saturated carbocycles. The smallest absolute Gasteiger partial charge is 0.141 e. The highest BCUT2D eigenvalue weighted by atomic mass is 16.5. The van der Waals surface area contributed by atoms with Crippen molar-refractivity contribution in [1.82, 2.24) is 9.55 Å². The van der Waals surface area contributed by atoms with Gasteiger partial charge in [-0.05, 0) is 12.1 Å². The van der Waals surface area contributed by atoms with Gasteiger partial charge in [0.2, 0.25) is 0 Å². The highest BCUT2D eigenvalue weighted by molar-refractivity contribution is 5.21. The number of para-hydroxylation sites is 1. The van der Waals surface area contributed by atoms with Crippen LogP contribution >= 0.6 is 0 Å². The van der Waals surface area contributed by atoms with Crippen LogP contribution < -0.4 is 4.74 Å². The van der Waals surface area contributed by atoms with Crippen molar-refractivity contribution in [2.24, 2.45) is 0 Å². The van der Waals surface area contributed by atoms with Crippen LogP contribution in [0.5, 0.6) is 5.75 Å². The Morgan fingerprint density at radius 2 is 1.82 bits per heavy atom. The Bertz CT molecular complexity index is 630. The lowest BCUT2D eigenvalue weighted by molar-refractivity contribution is -0.108. The van der Waals surface area contributed by atoms with Gasteiger partial charge in [-0.3, -0.25) is 0 Å². The second-order valence-corrected chi connectivity index (χ2v) is 5.28. The van der Waals surface area contributed by atoms with E-state index >= 15 is 0 Å². The molecule has 1 aliphatic rings. The van der Waals surface area contributed by atoms with Crippen LogP contribution in [0, 0.1) is 0 Å². The van der Waals surface area contributed by atoms with E-state index < -0.39 is 24.4 Å². The van der Waals surface area contributed by atoms with Crippen molar-refractivity contribution in [3.8, 4) is 5.75 Å². The number of ether oxygens (including phenoxy) is 1. The zero-order chi connectivity index (χ0) is 15.7. The van der Waals surface area contributed by atoms with Crippen molar-refractivity contribution in [3.05, 3.63) is 48.0 Å². The Balaban J connectivity index is 1.82. The fourth-order valence-electron chi connectivity index (χ4n) is 2.62. The molecule has 0 spiro atoms. The van der Waals surface area contributed by atoms with E-state index in [1.54, 1.807) is 6.20 Å². The van der Waals surface area contributed by atoms with Crippen LogP contribution in [0.2, 0.25) is 0 Å². The van der Waals surface area contributed by atoms with Gasteiger partial charge < -0.3 is 29.7 Å². The quantitative estimate of drug-likeness (QED) is 0.621. The molecule has 4 N–H and O–H groups in total. The van der Waals surface area contributed by atoms with Crippen molar-refractivity contribution in [3.63, 3.8) is 0 Å². The lowest BCUT2D eigenvalue weighted by Gasteiger charge is -2.35. The molecule has 118 valence electrons. The Morgan fingerprint density at radius 1 is 1.09 bits per heavy atom. The van der Waals surface area contributed by atoms with E-state index in [0.717, 1.165) is 0 Å². The molecule has 0 bridgehead atoms. The van der Waals surface area contributed by atoms with Crippen molar-refractivity contribution in [1.29, 1.82) is 0 Å². The SMILES string of the molecule is OC[C@@H]1[C@@H](O)[C@H](O)[C@@H](O)c2nc(COc3ccccc3)cn21. The molecule has 0 amide bonds. The monoisotopic (exact) mass is 306 g/mol. The van der Waals surface area contributed by atoms with Gasteiger partial charge in [-0.1, -0.05) is 18.2 Å². The van der Waals surface area contributed by atoms with Crippen molar-refractivity contribution in [2.45, 2.75) is 31.0 Å². The number of hydrogen-bond donors (Lipinski definition) is 4. The van der Waals surface area contributed by atoms with E-state index in [4.69, 9.17) is 4.74 Å². The summed E-state index contributed by atoms with van der Waals surface area (Å²) >= 11 is 0. The number of rotatable bonds is 4. The average molecular weight is 306 g/mol. The molecular formula is C15H18N2O5. The number of aliphatic hydroxyl groups is 4. The standard InChI is InChI=1S/C15H18N2O5/c18-7-11-12(19)13(20)14(21)15-16-9(6-17(11)15)8-22-10-4-2-1-3-5-10/h1-6,11-14,18-21H,7-8H2/t11-,12-,13+,14-/m1/s1. The first-order valence-electron chi connectivity index (χ1n) is 7.02. The molecular weight excluding hydrogens is 288 g/mol. The molecule has 0 aliphatic carbocycles. The fourth-order valence-corrected chi connectivity index (χ4v) is 2.62. The third-order valence-corrected chi connectivity index (χ3v) is 3.82. The molecule has 2 heterocycles. The molecule has 1 aromatic carbocycles. The van der Waals surface area contributed by atoms with Crippen molar-refractivity contribution in [2.75, 3.05) is 6.61 Å². The summed E-state index contributed by atoms with van der Waals surface area (Å²) < 4.78 is 7.07. The Hall–Kier alpha value is -1.93. The Kier molecular flexibility index (Phi) is 4.12. The third kappa shape index (κ3) is 2.59. The average Bonchev–Trinajstić information content (AvgIpc) is 2.96. The maximum atomic E-state index is 10.00. The largest absolute Gasteiger partial charge is 0.487 e. The minimum atomic E-state index is -1.38. The number of imidazole rings is 1. The normalized spacial score (nSPS) is 27.5. The first-order chi connectivity index (χ1) is 10.6. The minimum absolute atomic E-state index is 0.182. The van der Waals surface area contributed by atoms with Gasteiger partial charge in [0, 0.05) is 6.20 Å². The topological polar surface area (TPSA) is 108 Å². The van der Waals surface area contributed by atoms with E-state index in [1.807, 2.05) is 30.3 Å². The second-order valence-electron chi connectivity index (χ2n) is 5.28. The first kappa shape index (κ1) is 15.0. The summed E-state index contributed by atoms with van der Waals surface area (Å²) in [5.41, 5.74) is 0.539. The van der Waals surface area contributed by atoms with E-state index in [2.05, 4.69) is 4.98 Å². The highest BCUT2D eigenvalue weighted by Gasteiger charge is 2.41. The van der Waals surface area contributed by atoms with Crippen LogP contribution in [0.1, 0.15) is 23.7 Å². The van der Waals surface area contributed by atoms with Gasteiger partial charge in [-0.15, -0.1) is 0 Å². The summed E-state index contributed by atoms with van der Waals surface area (Å²) in [6.07, 6.45) is -2.33. The van der Waals surface area contributed by atoms with Crippen LogP contribution in [0.4, 0.5) is 0 Å². The molecule has 2 aromatic rings. The lowest BCUT2D eigenvalue weighted by atomic mass is 9.96. The number of nitrogens with zero attached hydrogens (tertiary/aromatic N) is 2. The summed E-state index contributed by atoms with van der Waals surface area (Å²) in [7, 11) is 0. The molecule has 22 heavy (non-hydrogen) atoms. The molecule has 1 aromatic heterocycles. The summed E-state index contributed by atoms with van der Waals surface area (Å²) in [4.78, 5) is 4.24. The zero-order valence-corrected chi connectivity index (χ0v) is 11.8. The summed E-state index contributed by atoms with van der Waals surface area (Å²) in [5, 5.41) is 39.1. The maximum absolute atomic E-state index is 10.00. The van der Waals surface area contributed by atoms with Crippen molar-refractivity contribution >= 4 is 0 Å². The predicted octanol–water partition coefficient (Wildman–Crippen LogP) is -0.236. The molecule has 0 unspecified atom stereocenters. The van der Waals surface area contributed by atoms with Gasteiger partial charge in [0.1, 0.15) is 36.5 Å². The molecule has 4 atom stereocenters. The van der Waals surface area contributed by atoms with Gasteiger partial charge in [-0.2, -0.15) is 0 Å². The van der Waals surface area contributed by atoms with Crippen LogP contribution in [-0.4, -0.2) is 48.8 Å². The minimum Gasteiger partial charge on any atom is -0.487 e. The predicted molar refractivity (Wildman–Crippen MR) is 76.1 cm³/mol. The first-order valence-corrected chi connectivity index (χ1v) is 7.02. The Morgan fingerprint density at radius 3 is 2.50 bits per heavy atom. The number of hydrogen-bond acceptors (Lipinski definition) is 6. The number of fused-ring (bicyclic) bond motifs is 1. The van der Waals surface area contributed by atoms with Gasteiger partial charge >= 0.3 is 0 Å². The molecule has 7 nitrogen and oxygen atoms in total. The summed E-state index contributed by atoms with van der Waals surface area (Å²) in [6, 6.07) is 8.47. The van der Waals surface area contributed by atoms with E-state index in [9.17, 15) is 20.4 Å². The molecule has 3 rings (SSSR count). The molecule has 0 radical (unpaired) electrons. The number of aromatic nitrogens is 2. The van der Waals surface area contributed by atoms with Crippen LogP contribution in [0.15, 0.2) is 36.5 Å². The van der Waals surface area contributed by atoms with Crippen LogP contribution in [0.3, 0.4) is 0 Å². The summed E-state index contributed by atoms with van der Waals surface area (Å²) in [5.74, 6) is 0.899. The van der Waals surface area contributed by atoms with Crippen LogP contribution in [-0.2, 0) is 6.61 Å². The van der Waals surface area contributed by atoms with Gasteiger partial charge in [0.25, 0.3) is 0 Å². The van der Waals surface area contributed by atoms with Crippen molar-refractivity contribution < 1.29 is 25.2 Å². The van der Waals surface area contributed by atoms with E-state index in [1.165, 1.54) is 4.57 Å². The number of benzene rings is 1. The molecule has 0 saturated heterocycles. The highest BCUT2D eigenvalue weighted by Crippen LogP contribution is 2.32.